The summed E-state index contributed by atoms with van der Waals surface area (Å²) in [7, 11) is 0. The molecule has 0 fully saturated rings. The summed E-state index contributed by atoms with van der Waals surface area (Å²) in [6.45, 7) is 2.16. The number of carboxylic acid groups (broad SMARTS) is 1. The van der Waals surface area contributed by atoms with Crippen LogP contribution in [0.4, 0.5) is 0 Å². The van der Waals surface area contributed by atoms with Crippen LogP contribution in [-0.4, -0.2) is 23.2 Å². The number of hydrogen-bond acceptors (Lipinski definition) is 3. The van der Waals surface area contributed by atoms with Gasteiger partial charge in [-0.05, 0) is 24.1 Å². The first-order valence-corrected chi connectivity index (χ1v) is 7.28. The van der Waals surface area contributed by atoms with E-state index in [2.05, 4.69) is 17.5 Å². The van der Waals surface area contributed by atoms with Crippen LogP contribution in [0.1, 0.15) is 61.4 Å². The van der Waals surface area contributed by atoms with Crippen LogP contribution in [0, 0.1) is 0 Å². The maximum Gasteiger partial charge on any atom is 0.335 e. The topological polar surface area (TPSA) is 78.8 Å². The maximum atomic E-state index is 11.5. The van der Waals surface area contributed by atoms with Crippen LogP contribution in [0.5, 0.6) is 0 Å². The van der Waals surface area contributed by atoms with E-state index in [0.29, 0.717) is 6.42 Å². The molecule has 0 saturated carbocycles. The fourth-order valence-electron chi connectivity index (χ4n) is 1.84. The van der Waals surface area contributed by atoms with Gasteiger partial charge in [0.05, 0.1) is 11.8 Å². The summed E-state index contributed by atoms with van der Waals surface area (Å²) in [6, 6.07) is 6.28. The van der Waals surface area contributed by atoms with Gasteiger partial charge in [-0.1, -0.05) is 44.7 Å². The van der Waals surface area contributed by atoms with Crippen molar-refractivity contribution >= 4 is 18.1 Å². The van der Waals surface area contributed by atoms with Crippen LogP contribution in [0.15, 0.2) is 29.4 Å². The van der Waals surface area contributed by atoms with E-state index >= 15 is 0 Å². The predicted octanol–water partition coefficient (Wildman–Crippen LogP) is 3.20. The molecule has 1 amide bonds. The summed E-state index contributed by atoms with van der Waals surface area (Å²) in [5.41, 5.74) is 3.44. The molecule has 1 rings (SSSR count). The second-order valence-corrected chi connectivity index (χ2v) is 4.88. The third-order valence-corrected chi connectivity index (χ3v) is 3.07. The Bertz CT molecular complexity index is 481. The van der Waals surface area contributed by atoms with Crippen molar-refractivity contribution in [3.8, 4) is 0 Å². The van der Waals surface area contributed by atoms with E-state index in [4.69, 9.17) is 5.11 Å². The minimum atomic E-state index is -0.963. The molecular formula is C16H22N2O3. The third-order valence-electron chi connectivity index (χ3n) is 3.07. The predicted molar refractivity (Wildman–Crippen MR) is 82.5 cm³/mol. The molecule has 0 heterocycles. The lowest BCUT2D eigenvalue weighted by Gasteiger charge is -2.00. The Hall–Kier alpha value is -2.17. The number of rotatable bonds is 9. The highest BCUT2D eigenvalue weighted by Crippen LogP contribution is 2.05. The van der Waals surface area contributed by atoms with E-state index in [9.17, 15) is 9.59 Å². The first kappa shape index (κ1) is 16.9. The van der Waals surface area contributed by atoms with Gasteiger partial charge < -0.3 is 5.11 Å². The van der Waals surface area contributed by atoms with Crippen molar-refractivity contribution in [2.75, 3.05) is 0 Å². The summed E-state index contributed by atoms with van der Waals surface area (Å²) in [5, 5.41) is 12.6. The van der Waals surface area contributed by atoms with Crippen LogP contribution in [0.3, 0.4) is 0 Å². The average Bonchev–Trinajstić information content (AvgIpc) is 2.47. The minimum absolute atomic E-state index is 0.0927. The number of aromatic carboxylic acids is 1. The van der Waals surface area contributed by atoms with Gasteiger partial charge >= 0.3 is 5.97 Å². The van der Waals surface area contributed by atoms with Crippen LogP contribution >= 0.6 is 0 Å². The van der Waals surface area contributed by atoms with Gasteiger partial charge in [0.15, 0.2) is 0 Å². The van der Waals surface area contributed by atoms with Crippen molar-refractivity contribution in [3.63, 3.8) is 0 Å². The molecule has 0 bridgehead atoms. The second kappa shape index (κ2) is 9.69. The van der Waals surface area contributed by atoms with Gasteiger partial charge in [0.25, 0.3) is 0 Å². The molecule has 0 spiro atoms. The lowest BCUT2D eigenvalue weighted by Crippen LogP contribution is -2.16. The van der Waals surface area contributed by atoms with Crippen molar-refractivity contribution in [3.05, 3.63) is 35.4 Å². The zero-order chi connectivity index (χ0) is 15.5. The third kappa shape index (κ3) is 7.25. The number of carbonyl (C=O) groups excluding carboxylic acids is 1. The molecule has 5 nitrogen and oxygen atoms in total. The number of benzene rings is 1. The molecule has 1 aromatic carbocycles. The van der Waals surface area contributed by atoms with Gasteiger partial charge in [-0.2, -0.15) is 5.10 Å². The molecular weight excluding hydrogens is 268 g/mol. The Morgan fingerprint density at radius 3 is 2.43 bits per heavy atom. The Morgan fingerprint density at radius 1 is 1.14 bits per heavy atom. The Morgan fingerprint density at radius 2 is 1.81 bits per heavy atom. The Labute approximate surface area is 125 Å². The van der Waals surface area contributed by atoms with Crippen LogP contribution in [0.25, 0.3) is 0 Å². The van der Waals surface area contributed by atoms with Crippen molar-refractivity contribution in [2.24, 2.45) is 5.10 Å². The van der Waals surface area contributed by atoms with E-state index in [-0.39, 0.29) is 11.5 Å². The smallest absolute Gasteiger partial charge is 0.335 e. The summed E-state index contributed by atoms with van der Waals surface area (Å²) in [5.74, 6) is -1.06. The van der Waals surface area contributed by atoms with Crippen molar-refractivity contribution in [1.82, 2.24) is 5.43 Å². The molecule has 0 aromatic heterocycles. The molecule has 0 aliphatic carbocycles. The summed E-state index contributed by atoms with van der Waals surface area (Å²) < 4.78 is 0. The van der Waals surface area contributed by atoms with E-state index in [1.807, 2.05) is 0 Å². The standard InChI is InChI=1S/C16H22N2O3/c1-2-3-4-5-6-7-15(19)18-17-12-13-8-10-14(11-9-13)16(20)21/h8-12H,2-7H2,1H3,(H,18,19)(H,20,21)/b17-12+. The largest absolute Gasteiger partial charge is 0.478 e. The number of nitrogens with zero attached hydrogens (tertiary/aromatic N) is 1. The quantitative estimate of drug-likeness (QED) is 0.416. The molecule has 114 valence electrons. The van der Waals surface area contributed by atoms with E-state index in [1.54, 1.807) is 12.1 Å². The fourth-order valence-corrected chi connectivity index (χ4v) is 1.84. The molecule has 0 aliphatic heterocycles. The Kier molecular flexibility index (Phi) is 7.79. The van der Waals surface area contributed by atoms with Gasteiger partial charge in [0, 0.05) is 6.42 Å². The monoisotopic (exact) mass is 290 g/mol. The normalized spacial score (nSPS) is 10.7. The summed E-state index contributed by atoms with van der Waals surface area (Å²) >= 11 is 0. The van der Waals surface area contributed by atoms with Crippen molar-refractivity contribution < 1.29 is 14.7 Å². The zero-order valence-corrected chi connectivity index (χ0v) is 12.3. The van der Waals surface area contributed by atoms with Crippen molar-refractivity contribution in [1.29, 1.82) is 0 Å². The molecule has 0 atom stereocenters. The van der Waals surface area contributed by atoms with Gasteiger partial charge in [0.2, 0.25) is 5.91 Å². The molecule has 0 aliphatic rings. The highest BCUT2D eigenvalue weighted by molar-refractivity contribution is 5.89. The minimum Gasteiger partial charge on any atom is -0.478 e. The SMILES string of the molecule is CCCCCCCC(=O)N/N=C/c1ccc(C(=O)O)cc1. The van der Waals surface area contributed by atoms with Gasteiger partial charge in [0.1, 0.15) is 0 Å². The summed E-state index contributed by atoms with van der Waals surface area (Å²) in [4.78, 5) is 22.2. The van der Waals surface area contributed by atoms with Gasteiger partial charge in [-0.25, -0.2) is 10.2 Å². The zero-order valence-electron chi connectivity index (χ0n) is 12.3. The van der Waals surface area contributed by atoms with Crippen LogP contribution in [-0.2, 0) is 4.79 Å². The highest BCUT2D eigenvalue weighted by atomic mass is 16.4. The first-order valence-electron chi connectivity index (χ1n) is 7.28. The average molecular weight is 290 g/mol. The highest BCUT2D eigenvalue weighted by Gasteiger charge is 2.01. The molecule has 0 saturated heterocycles. The second-order valence-electron chi connectivity index (χ2n) is 4.88. The molecule has 21 heavy (non-hydrogen) atoms. The number of amides is 1. The number of carbonyl (C=O) groups is 2. The molecule has 0 unspecified atom stereocenters. The molecule has 1 aromatic rings. The number of nitrogens with one attached hydrogen (secondary N) is 1. The van der Waals surface area contributed by atoms with Gasteiger partial charge in [-0.15, -0.1) is 0 Å². The lowest BCUT2D eigenvalue weighted by atomic mass is 10.1. The van der Waals surface area contributed by atoms with Crippen LogP contribution in [0.2, 0.25) is 0 Å². The maximum absolute atomic E-state index is 11.5. The lowest BCUT2D eigenvalue weighted by molar-refractivity contribution is -0.121. The number of carboxylic acids is 1. The first-order chi connectivity index (χ1) is 10.1. The van der Waals surface area contributed by atoms with Crippen LogP contribution < -0.4 is 5.43 Å². The van der Waals surface area contributed by atoms with Gasteiger partial charge in [-0.3, -0.25) is 4.79 Å². The molecule has 0 radical (unpaired) electrons. The van der Waals surface area contributed by atoms with E-state index in [0.717, 1.165) is 18.4 Å². The molecule has 2 N–H and O–H groups in total. The number of hydrogen-bond donors (Lipinski definition) is 2. The van der Waals surface area contributed by atoms with E-state index in [1.165, 1.54) is 37.6 Å². The van der Waals surface area contributed by atoms with E-state index < -0.39 is 5.97 Å². The van der Waals surface area contributed by atoms with Crippen molar-refractivity contribution in [2.45, 2.75) is 45.4 Å². The molecule has 5 heteroatoms. The number of hydrazone groups is 1. The number of unbranched alkanes of at least 4 members (excludes halogenated alkanes) is 4. The fraction of sp³-hybridized carbons (Fsp3) is 0.438. The Balaban J connectivity index is 2.27. The summed E-state index contributed by atoms with van der Waals surface area (Å²) in [6.07, 6.45) is 7.52.